The minimum Gasteiger partial charge on any atom is -0.272 e. The predicted octanol–water partition coefficient (Wildman–Crippen LogP) is 3.74. The topological polar surface area (TPSA) is 84.6 Å². The van der Waals surface area contributed by atoms with E-state index >= 15 is 0 Å². The number of amides is 1. The molecule has 2 aromatic carbocycles. The van der Waals surface area contributed by atoms with Crippen molar-refractivity contribution in [3.63, 3.8) is 0 Å². The largest absolute Gasteiger partial charge is 0.272 e. The second kappa shape index (κ2) is 9.19. The molecule has 2 aromatic rings. The van der Waals surface area contributed by atoms with Crippen LogP contribution >= 0.6 is 27.7 Å². The number of non-ortho nitro benzene ring substituents is 1. The van der Waals surface area contributed by atoms with Gasteiger partial charge in [0.05, 0.1) is 16.9 Å². The van der Waals surface area contributed by atoms with Gasteiger partial charge in [0.2, 0.25) is 5.91 Å². The van der Waals surface area contributed by atoms with Gasteiger partial charge in [0.15, 0.2) is 0 Å². The molecule has 124 valence electrons. The van der Waals surface area contributed by atoms with Gasteiger partial charge in [-0.05, 0) is 17.7 Å². The lowest BCUT2D eigenvalue weighted by molar-refractivity contribution is -0.384. The van der Waals surface area contributed by atoms with E-state index in [4.69, 9.17) is 0 Å². The van der Waals surface area contributed by atoms with E-state index in [1.54, 1.807) is 12.1 Å². The normalized spacial score (nSPS) is 10.7. The van der Waals surface area contributed by atoms with E-state index in [2.05, 4.69) is 26.5 Å². The van der Waals surface area contributed by atoms with Crippen LogP contribution < -0.4 is 5.43 Å². The number of carbonyl (C=O) groups is 1. The number of rotatable bonds is 7. The van der Waals surface area contributed by atoms with Crippen LogP contribution in [0.25, 0.3) is 0 Å². The van der Waals surface area contributed by atoms with Crippen LogP contribution in [0.15, 0.2) is 58.1 Å². The number of hydrazone groups is 1. The third-order valence-corrected chi connectivity index (χ3v) is 4.37. The minimum absolute atomic E-state index is 0.0187. The first-order valence-electron chi connectivity index (χ1n) is 6.93. The highest BCUT2D eigenvalue weighted by Crippen LogP contribution is 2.16. The van der Waals surface area contributed by atoms with Crippen molar-refractivity contribution in [2.45, 2.75) is 5.75 Å². The maximum absolute atomic E-state index is 11.7. The molecule has 1 amide bonds. The molecular weight excluding hydrogens is 394 g/mol. The van der Waals surface area contributed by atoms with Gasteiger partial charge in [0, 0.05) is 27.9 Å². The Morgan fingerprint density at radius 3 is 2.83 bits per heavy atom. The van der Waals surface area contributed by atoms with Crippen molar-refractivity contribution in [1.82, 2.24) is 5.43 Å². The summed E-state index contributed by atoms with van der Waals surface area (Å²) in [5, 5.41) is 14.5. The SMILES string of the molecule is O=C(CSCc1cccc(Br)c1)N/N=C\c1cccc([N+](=O)[O-])c1. The van der Waals surface area contributed by atoms with Crippen LogP contribution in [0.1, 0.15) is 11.1 Å². The maximum atomic E-state index is 11.7. The molecule has 0 aliphatic heterocycles. The zero-order valence-corrected chi connectivity index (χ0v) is 14.9. The zero-order chi connectivity index (χ0) is 17.4. The van der Waals surface area contributed by atoms with Crippen LogP contribution in [-0.4, -0.2) is 22.8 Å². The number of halogens is 1. The summed E-state index contributed by atoms with van der Waals surface area (Å²) < 4.78 is 1.01. The Morgan fingerprint density at radius 1 is 1.29 bits per heavy atom. The van der Waals surface area contributed by atoms with Crippen molar-refractivity contribution in [2.24, 2.45) is 5.10 Å². The number of nitro groups is 1. The first-order valence-corrected chi connectivity index (χ1v) is 8.88. The molecule has 0 radical (unpaired) electrons. The molecule has 1 N–H and O–H groups in total. The lowest BCUT2D eigenvalue weighted by atomic mass is 10.2. The molecule has 8 heteroatoms. The first-order chi connectivity index (χ1) is 11.5. The molecule has 0 aromatic heterocycles. The average Bonchev–Trinajstić information content (AvgIpc) is 2.55. The van der Waals surface area contributed by atoms with Gasteiger partial charge < -0.3 is 0 Å². The lowest BCUT2D eigenvalue weighted by Gasteiger charge is -2.02. The monoisotopic (exact) mass is 407 g/mol. The zero-order valence-electron chi connectivity index (χ0n) is 12.5. The molecule has 0 spiro atoms. The molecule has 0 aliphatic rings. The summed E-state index contributed by atoms with van der Waals surface area (Å²) >= 11 is 4.88. The van der Waals surface area contributed by atoms with Gasteiger partial charge in [-0.3, -0.25) is 14.9 Å². The number of benzene rings is 2. The third kappa shape index (κ3) is 6.13. The smallest absolute Gasteiger partial charge is 0.270 e. The minimum atomic E-state index is -0.478. The van der Waals surface area contributed by atoms with Crippen LogP contribution in [-0.2, 0) is 10.5 Å². The number of nitrogens with one attached hydrogen (secondary N) is 1. The van der Waals surface area contributed by atoms with E-state index in [1.807, 2.05) is 24.3 Å². The van der Waals surface area contributed by atoms with Crippen LogP contribution in [0.4, 0.5) is 5.69 Å². The van der Waals surface area contributed by atoms with E-state index in [9.17, 15) is 14.9 Å². The van der Waals surface area contributed by atoms with Crippen molar-refractivity contribution >= 4 is 45.5 Å². The fraction of sp³-hybridized carbons (Fsp3) is 0.125. The van der Waals surface area contributed by atoms with E-state index in [-0.39, 0.29) is 17.3 Å². The van der Waals surface area contributed by atoms with Crippen molar-refractivity contribution in [2.75, 3.05) is 5.75 Å². The molecule has 24 heavy (non-hydrogen) atoms. The van der Waals surface area contributed by atoms with Crippen LogP contribution in [0, 0.1) is 10.1 Å². The van der Waals surface area contributed by atoms with Crippen LogP contribution in [0.3, 0.4) is 0 Å². The van der Waals surface area contributed by atoms with Crippen LogP contribution in [0.5, 0.6) is 0 Å². The van der Waals surface area contributed by atoms with Gasteiger partial charge in [-0.15, -0.1) is 11.8 Å². The van der Waals surface area contributed by atoms with Crippen molar-refractivity contribution in [3.8, 4) is 0 Å². The highest BCUT2D eigenvalue weighted by Gasteiger charge is 2.04. The van der Waals surface area contributed by atoms with Crippen LogP contribution in [0.2, 0.25) is 0 Å². The average molecular weight is 408 g/mol. The standard InChI is InChI=1S/C16H14BrN3O3S/c17-14-5-1-4-13(7-14)10-24-11-16(21)19-18-9-12-3-2-6-15(8-12)20(22)23/h1-9H,10-11H2,(H,19,21)/b18-9-. The second-order valence-corrected chi connectivity index (χ2v) is 6.67. The Kier molecular flexibility index (Phi) is 6.95. The molecule has 0 atom stereocenters. The summed E-state index contributed by atoms with van der Waals surface area (Å²) in [6.45, 7) is 0. The van der Waals surface area contributed by atoms with Crippen molar-refractivity contribution < 1.29 is 9.72 Å². The molecule has 6 nitrogen and oxygen atoms in total. The number of hydrogen-bond acceptors (Lipinski definition) is 5. The number of nitro benzene ring substituents is 1. The summed E-state index contributed by atoms with van der Waals surface area (Å²) in [6, 6.07) is 13.9. The summed E-state index contributed by atoms with van der Waals surface area (Å²) in [5.74, 6) is 0.775. The number of thioether (sulfide) groups is 1. The summed E-state index contributed by atoms with van der Waals surface area (Å²) in [6.07, 6.45) is 1.38. The third-order valence-electron chi connectivity index (χ3n) is 2.87. The predicted molar refractivity (Wildman–Crippen MR) is 99.1 cm³/mol. The molecule has 0 aliphatic carbocycles. The fourth-order valence-corrected chi connectivity index (χ4v) is 3.03. The van der Waals surface area contributed by atoms with E-state index in [1.165, 1.54) is 30.1 Å². The number of carbonyl (C=O) groups excluding carboxylic acids is 1. The molecule has 2 rings (SSSR count). The second-order valence-electron chi connectivity index (χ2n) is 4.77. The Labute approximate surface area is 151 Å². The number of nitrogens with zero attached hydrogens (tertiary/aromatic N) is 2. The highest BCUT2D eigenvalue weighted by atomic mass is 79.9. The lowest BCUT2D eigenvalue weighted by Crippen LogP contribution is -2.19. The van der Waals surface area contributed by atoms with E-state index < -0.39 is 4.92 Å². The van der Waals surface area contributed by atoms with Gasteiger partial charge >= 0.3 is 0 Å². The van der Waals surface area contributed by atoms with E-state index in [0.29, 0.717) is 5.56 Å². The van der Waals surface area contributed by atoms with Crippen molar-refractivity contribution in [3.05, 3.63) is 74.2 Å². The van der Waals surface area contributed by atoms with Gasteiger partial charge in [0.25, 0.3) is 5.69 Å². The molecule has 0 fully saturated rings. The fourth-order valence-electron chi connectivity index (χ4n) is 1.82. The Hall–Kier alpha value is -2.19. The number of hydrogen-bond donors (Lipinski definition) is 1. The van der Waals surface area contributed by atoms with E-state index in [0.717, 1.165) is 15.8 Å². The summed E-state index contributed by atoms with van der Waals surface area (Å²) in [7, 11) is 0. The van der Waals surface area contributed by atoms with Gasteiger partial charge in [-0.2, -0.15) is 5.10 Å². The highest BCUT2D eigenvalue weighted by molar-refractivity contribution is 9.10. The molecule has 0 saturated carbocycles. The van der Waals surface area contributed by atoms with Gasteiger partial charge in [-0.1, -0.05) is 40.2 Å². The molecular formula is C16H14BrN3O3S. The molecule has 0 saturated heterocycles. The molecule has 0 bridgehead atoms. The summed E-state index contributed by atoms with van der Waals surface area (Å²) in [4.78, 5) is 21.9. The first kappa shape index (κ1) is 18.2. The Bertz CT molecular complexity index is 768. The Balaban J connectivity index is 1.76. The van der Waals surface area contributed by atoms with Gasteiger partial charge in [-0.25, -0.2) is 5.43 Å². The van der Waals surface area contributed by atoms with Crippen molar-refractivity contribution in [1.29, 1.82) is 0 Å². The Morgan fingerprint density at radius 2 is 2.08 bits per heavy atom. The molecule has 0 heterocycles. The quantitative estimate of drug-likeness (QED) is 0.430. The van der Waals surface area contributed by atoms with Gasteiger partial charge in [0.1, 0.15) is 0 Å². The molecule has 0 unspecified atom stereocenters. The maximum Gasteiger partial charge on any atom is 0.270 e. The summed E-state index contributed by atoms with van der Waals surface area (Å²) in [5.41, 5.74) is 4.06.